The van der Waals surface area contributed by atoms with E-state index >= 15 is 0 Å². The largest absolute Gasteiger partial charge is 0.862 e. The molecule has 1 unspecified atom stereocenters. The van der Waals surface area contributed by atoms with E-state index in [2.05, 4.69) is 15.9 Å². The number of nitrogens with zero attached hydrogens (tertiary/aromatic N) is 3. The molecule has 6 nitrogen and oxygen atoms in total. The standard InChI is InChI=1S/C32H39ClFN3O3/c1-32(2,39)21-40-30-10-5-22(16-29(30)33)15-27(20-36-12-3-4-13-36)35-31(38)25-11-14-37(19-25)28-9-7-23-17-26(34)8-6-24(23)18-28/h5-10,16-18,25,27,39H,3-4,11-15,19-21H2,1-2H3,(H,35,38)/p-1/t25-,27?/m1/s1. The molecule has 8 heteroatoms. The van der Waals surface area contributed by atoms with Gasteiger partial charge in [0.05, 0.1) is 16.7 Å². The van der Waals surface area contributed by atoms with Crippen molar-refractivity contribution in [2.75, 3.05) is 44.2 Å². The molecule has 2 atom stereocenters. The van der Waals surface area contributed by atoms with Crippen molar-refractivity contribution in [1.82, 2.24) is 4.90 Å². The van der Waals surface area contributed by atoms with Crippen LogP contribution in [0, 0.1) is 11.7 Å². The number of aliphatic imine (C=N–C) groups is 1. The minimum atomic E-state index is -0.953. The van der Waals surface area contributed by atoms with Crippen LogP contribution in [0.25, 0.3) is 10.8 Å². The molecule has 0 amide bonds. The molecule has 0 radical (unpaired) electrons. The van der Waals surface area contributed by atoms with Gasteiger partial charge in [0, 0.05) is 31.2 Å². The topological polar surface area (TPSA) is 71.4 Å². The second kappa shape index (κ2) is 12.3. The highest BCUT2D eigenvalue weighted by atomic mass is 35.5. The Bertz CT molecular complexity index is 1350. The number of likely N-dealkylation sites (tertiary alicyclic amines) is 1. The Kier molecular flexibility index (Phi) is 8.83. The monoisotopic (exact) mass is 566 g/mol. The van der Waals surface area contributed by atoms with Crippen LogP contribution in [0.3, 0.4) is 0 Å². The highest BCUT2D eigenvalue weighted by Crippen LogP contribution is 2.29. The number of fused-ring (bicyclic) bond motifs is 1. The molecule has 40 heavy (non-hydrogen) atoms. The molecule has 214 valence electrons. The molecular formula is C32H38ClFN3O3-. The lowest BCUT2D eigenvalue weighted by atomic mass is 10.0. The number of anilines is 1. The van der Waals surface area contributed by atoms with Crippen molar-refractivity contribution in [3.8, 4) is 5.75 Å². The summed E-state index contributed by atoms with van der Waals surface area (Å²) in [7, 11) is 0. The molecule has 2 heterocycles. The molecule has 2 saturated heterocycles. The third-order valence-electron chi connectivity index (χ3n) is 7.71. The Labute approximate surface area is 241 Å². The van der Waals surface area contributed by atoms with Crippen LogP contribution in [0.15, 0.2) is 59.6 Å². The summed E-state index contributed by atoms with van der Waals surface area (Å²) >= 11 is 6.50. The number of hydrogen-bond donors (Lipinski definition) is 1. The number of aliphatic hydroxyl groups is 1. The first-order valence-electron chi connectivity index (χ1n) is 14.2. The summed E-state index contributed by atoms with van der Waals surface area (Å²) in [4.78, 5) is 9.39. The van der Waals surface area contributed by atoms with Gasteiger partial charge in [-0.05, 0) is 111 Å². The predicted molar refractivity (Wildman–Crippen MR) is 158 cm³/mol. The zero-order valence-electron chi connectivity index (χ0n) is 23.3. The Balaban J connectivity index is 1.27. The molecule has 0 aromatic heterocycles. The normalized spacial score (nSPS) is 19.5. The maximum atomic E-state index is 13.6. The molecule has 0 bridgehead atoms. The molecule has 5 rings (SSSR count). The van der Waals surface area contributed by atoms with E-state index < -0.39 is 5.60 Å². The van der Waals surface area contributed by atoms with Crippen molar-refractivity contribution in [1.29, 1.82) is 0 Å². The number of rotatable bonds is 10. The summed E-state index contributed by atoms with van der Waals surface area (Å²) in [6.45, 7) is 7.75. The molecular weight excluding hydrogens is 529 g/mol. The van der Waals surface area contributed by atoms with Crippen LogP contribution < -0.4 is 14.7 Å². The van der Waals surface area contributed by atoms with Gasteiger partial charge in [-0.25, -0.2) is 4.39 Å². The zero-order valence-corrected chi connectivity index (χ0v) is 24.0. The van der Waals surface area contributed by atoms with Gasteiger partial charge < -0.3 is 29.7 Å². The molecule has 0 spiro atoms. The van der Waals surface area contributed by atoms with Crippen LogP contribution >= 0.6 is 11.6 Å². The van der Waals surface area contributed by atoms with Gasteiger partial charge in [0.15, 0.2) is 0 Å². The van der Waals surface area contributed by atoms with Crippen LogP contribution in [-0.4, -0.2) is 66.9 Å². The lowest BCUT2D eigenvalue weighted by Gasteiger charge is -2.26. The van der Waals surface area contributed by atoms with Crippen LogP contribution in [0.2, 0.25) is 5.02 Å². The first-order chi connectivity index (χ1) is 19.1. The molecule has 1 N–H and O–H groups in total. The van der Waals surface area contributed by atoms with Gasteiger partial charge in [0.25, 0.3) is 0 Å². The molecule has 3 aromatic carbocycles. The minimum absolute atomic E-state index is 0.0363. The Hall–Kier alpha value is -2.87. The summed E-state index contributed by atoms with van der Waals surface area (Å²) < 4.78 is 19.3. The Morgan fingerprint density at radius 2 is 1.85 bits per heavy atom. The van der Waals surface area contributed by atoms with E-state index in [0.717, 1.165) is 54.6 Å². The van der Waals surface area contributed by atoms with Gasteiger partial charge in [0.2, 0.25) is 0 Å². The van der Waals surface area contributed by atoms with E-state index in [4.69, 9.17) is 21.3 Å². The van der Waals surface area contributed by atoms with Gasteiger partial charge in [-0.2, -0.15) is 0 Å². The average Bonchev–Trinajstić information content (AvgIpc) is 3.60. The Morgan fingerprint density at radius 3 is 2.60 bits per heavy atom. The number of halogens is 2. The number of ether oxygens (including phenoxy) is 1. The molecule has 2 aliphatic rings. The lowest BCUT2D eigenvalue weighted by molar-refractivity contribution is -0.223. The molecule has 2 fully saturated rings. The van der Waals surface area contributed by atoms with Gasteiger partial charge in [-0.15, -0.1) is 0 Å². The predicted octanol–water partition coefficient (Wildman–Crippen LogP) is 5.07. The summed E-state index contributed by atoms with van der Waals surface area (Å²) in [6, 6.07) is 16.3. The highest BCUT2D eigenvalue weighted by molar-refractivity contribution is 6.32. The summed E-state index contributed by atoms with van der Waals surface area (Å²) in [5.74, 6) is 0.105. The van der Waals surface area contributed by atoms with Crippen molar-refractivity contribution in [2.45, 2.75) is 51.2 Å². The fraction of sp³-hybridized carbons (Fsp3) is 0.469. The molecule has 2 aliphatic heterocycles. The number of hydrogen-bond acceptors (Lipinski definition) is 6. The van der Waals surface area contributed by atoms with Crippen LogP contribution in [0.4, 0.5) is 10.1 Å². The third kappa shape index (κ3) is 7.45. The molecule has 3 aromatic rings. The molecule has 0 aliphatic carbocycles. The second-order valence-electron chi connectivity index (χ2n) is 11.8. The smallest absolute Gasteiger partial charge is 0.138 e. The van der Waals surface area contributed by atoms with E-state index in [-0.39, 0.29) is 30.3 Å². The lowest BCUT2D eigenvalue weighted by Crippen LogP contribution is -2.36. The van der Waals surface area contributed by atoms with Crippen molar-refractivity contribution < 1.29 is 19.3 Å². The number of benzene rings is 3. The summed E-state index contributed by atoms with van der Waals surface area (Å²) in [5, 5.41) is 25.7. The van der Waals surface area contributed by atoms with E-state index in [0.29, 0.717) is 23.7 Å². The van der Waals surface area contributed by atoms with E-state index in [1.165, 1.54) is 18.9 Å². The second-order valence-corrected chi connectivity index (χ2v) is 12.2. The van der Waals surface area contributed by atoms with Gasteiger partial charge in [0.1, 0.15) is 18.2 Å². The van der Waals surface area contributed by atoms with E-state index in [1.807, 2.05) is 30.3 Å². The van der Waals surface area contributed by atoms with Crippen molar-refractivity contribution in [3.05, 3.63) is 71.0 Å². The van der Waals surface area contributed by atoms with Gasteiger partial charge >= 0.3 is 0 Å². The van der Waals surface area contributed by atoms with Crippen LogP contribution in [0.5, 0.6) is 5.75 Å². The van der Waals surface area contributed by atoms with Crippen LogP contribution in [0.1, 0.15) is 38.7 Å². The summed E-state index contributed by atoms with van der Waals surface area (Å²) in [6.07, 6.45) is 3.73. The Morgan fingerprint density at radius 1 is 1.10 bits per heavy atom. The molecule has 0 saturated carbocycles. The van der Waals surface area contributed by atoms with E-state index in [9.17, 15) is 14.6 Å². The highest BCUT2D eigenvalue weighted by Gasteiger charge is 2.25. The van der Waals surface area contributed by atoms with Gasteiger partial charge in [-0.3, -0.25) is 0 Å². The quantitative estimate of drug-likeness (QED) is 0.274. The first-order valence-corrected chi connectivity index (χ1v) is 14.6. The van der Waals surface area contributed by atoms with Crippen molar-refractivity contribution >= 4 is 34.0 Å². The average molecular weight is 567 g/mol. The fourth-order valence-corrected chi connectivity index (χ4v) is 5.87. The van der Waals surface area contributed by atoms with Crippen molar-refractivity contribution in [2.24, 2.45) is 10.9 Å². The van der Waals surface area contributed by atoms with Crippen LogP contribution in [-0.2, 0) is 6.42 Å². The zero-order chi connectivity index (χ0) is 28.3. The van der Waals surface area contributed by atoms with Gasteiger partial charge in [-0.1, -0.05) is 29.8 Å². The SMILES string of the molecule is CC(C)(O)COc1ccc(CC(CN2CCCC2)N=C([O-])[C@@H]2CCN(c3ccc4cc(F)ccc4c3)C2)cc1Cl. The third-order valence-corrected chi connectivity index (χ3v) is 8.01. The summed E-state index contributed by atoms with van der Waals surface area (Å²) in [5.41, 5.74) is 1.09. The minimum Gasteiger partial charge on any atom is -0.862 e. The maximum Gasteiger partial charge on any atom is 0.138 e. The van der Waals surface area contributed by atoms with Crippen molar-refractivity contribution in [3.63, 3.8) is 0 Å². The maximum absolute atomic E-state index is 13.6. The first kappa shape index (κ1) is 28.7. The fourth-order valence-electron chi connectivity index (χ4n) is 5.61. The van der Waals surface area contributed by atoms with E-state index in [1.54, 1.807) is 26.0 Å².